The highest BCUT2D eigenvalue weighted by atomic mass is 16.6. The summed E-state index contributed by atoms with van der Waals surface area (Å²) in [6.07, 6.45) is 4.70. The summed E-state index contributed by atoms with van der Waals surface area (Å²) in [6.45, 7) is 7.48. The van der Waals surface area contributed by atoms with Crippen LogP contribution in [0, 0.1) is 23.7 Å². The van der Waals surface area contributed by atoms with Crippen LogP contribution in [0.1, 0.15) is 37.7 Å². The second kappa shape index (κ2) is 19.1. The maximum absolute atomic E-state index is 12.8. The minimum absolute atomic E-state index is 0.00436. The maximum atomic E-state index is 12.8. The van der Waals surface area contributed by atoms with Gasteiger partial charge in [-0.1, -0.05) is 61.7 Å². The lowest BCUT2D eigenvalue weighted by atomic mass is 9.80. The second-order valence-corrected chi connectivity index (χ2v) is 12.2. The monoisotopic (exact) mass is 662 g/mol. The summed E-state index contributed by atoms with van der Waals surface area (Å²) >= 11 is 0. The zero-order valence-electron chi connectivity index (χ0n) is 27.3. The van der Waals surface area contributed by atoms with Crippen molar-refractivity contribution >= 4 is 24.1 Å². The van der Waals surface area contributed by atoms with Crippen LogP contribution in [0.5, 0.6) is 5.75 Å². The van der Waals surface area contributed by atoms with E-state index >= 15 is 0 Å². The molecule has 2 bridgehead atoms. The average molecular weight is 663 g/mol. The Morgan fingerprint density at radius 2 is 1.27 bits per heavy atom. The van der Waals surface area contributed by atoms with E-state index in [-0.39, 0.29) is 31.7 Å². The fraction of sp³-hybridized carbons (Fsp3) is 0.459. The number of rotatable bonds is 19. The largest absolute Gasteiger partial charge is 0.490 e. The molecule has 2 aliphatic carbocycles. The molecule has 0 saturated heterocycles. The van der Waals surface area contributed by atoms with E-state index in [1.165, 1.54) is 5.56 Å². The summed E-state index contributed by atoms with van der Waals surface area (Å²) in [5.74, 6) is 0.752. The molecule has 2 saturated carbocycles. The summed E-state index contributed by atoms with van der Waals surface area (Å²) < 4.78 is 27.2. The van der Waals surface area contributed by atoms with Gasteiger partial charge in [-0.15, -0.1) is 0 Å². The molecule has 258 valence electrons. The van der Waals surface area contributed by atoms with Crippen LogP contribution in [0.15, 0.2) is 86.0 Å². The number of nitrogens with one attached hydrogen (secondary N) is 2. The molecule has 0 heterocycles. The molecule has 6 atom stereocenters. The third-order valence-corrected chi connectivity index (χ3v) is 8.82. The first kappa shape index (κ1) is 36.0. The quantitative estimate of drug-likeness (QED) is 0.115. The number of carbonyl (C=O) groups is 4. The van der Waals surface area contributed by atoms with Gasteiger partial charge in [0.2, 0.25) is 0 Å². The average Bonchev–Trinajstić information content (AvgIpc) is 3.71. The van der Waals surface area contributed by atoms with Crippen LogP contribution in [0.2, 0.25) is 0 Å². The summed E-state index contributed by atoms with van der Waals surface area (Å²) in [4.78, 5) is 48.8. The molecule has 0 aliphatic heterocycles. The highest BCUT2D eigenvalue weighted by molar-refractivity contribution is 5.81. The smallest absolute Gasteiger partial charge is 0.407 e. The number of hydrogen-bond donors (Lipinski definition) is 2. The Labute approximate surface area is 282 Å². The van der Waals surface area contributed by atoms with E-state index in [0.29, 0.717) is 37.1 Å². The Hall–Kier alpha value is -4.80. The minimum atomic E-state index is -0.820. The Balaban J connectivity index is 1.21. The first-order valence-electron chi connectivity index (χ1n) is 16.5. The number of para-hydroxylation sites is 1. The van der Waals surface area contributed by atoms with Crippen molar-refractivity contribution in [2.45, 2.75) is 50.7 Å². The van der Waals surface area contributed by atoms with Gasteiger partial charge in [-0.3, -0.25) is 0 Å². The molecular weight excluding hydrogens is 616 g/mol. The van der Waals surface area contributed by atoms with Gasteiger partial charge in [0.1, 0.15) is 31.7 Å². The lowest BCUT2D eigenvalue weighted by Crippen LogP contribution is -2.41. The van der Waals surface area contributed by atoms with Gasteiger partial charge in [0.25, 0.3) is 0 Å². The van der Waals surface area contributed by atoms with Gasteiger partial charge < -0.3 is 34.3 Å². The highest BCUT2D eigenvalue weighted by Gasteiger charge is 2.46. The highest BCUT2D eigenvalue weighted by Crippen LogP contribution is 2.51. The van der Waals surface area contributed by atoms with Gasteiger partial charge in [0.05, 0.1) is 0 Å². The van der Waals surface area contributed by atoms with E-state index in [1.807, 2.05) is 48.5 Å². The third kappa shape index (κ3) is 12.1. The fourth-order valence-electron chi connectivity index (χ4n) is 6.58. The molecular formula is C37H46N2O9. The molecule has 2 N–H and O–H groups in total. The summed E-state index contributed by atoms with van der Waals surface area (Å²) in [7, 11) is 0. The molecule has 11 heteroatoms. The molecule has 2 aromatic carbocycles. The van der Waals surface area contributed by atoms with Gasteiger partial charge in [-0.2, -0.15) is 0 Å². The fourth-order valence-corrected chi connectivity index (χ4v) is 6.58. The number of alkyl carbamates (subject to hydrolysis) is 2. The van der Waals surface area contributed by atoms with Crippen molar-refractivity contribution in [1.29, 1.82) is 0 Å². The zero-order chi connectivity index (χ0) is 34.1. The number of ether oxygens (including phenoxy) is 5. The number of benzene rings is 2. The van der Waals surface area contributed by atoms with Crippen LogP contribution in [-0.2, 0) is 35.0 Å². The molecule has 0 radical (unpaired) electrons. The lowest BCUT2D eigenvalue weighted by molar-refractivity contribution is -0.141. The molecule has 2 amide bonds. The van der Waals surface area contributed by atoms with E-state index < -0.39 is 36.3 Å². The molecule has 2 aromatic rings. The number of hydrogen-bond acceptors (Lipinski definition) is 9. The normalized spacial score (nSPS) is 20.4. The zero-order valence-corrected chi connectivity index (χ0v) is 27.3. The van der Waals surface area contributed by atoms with Crippen molar-refractivity contribution in [3.05, 3.63) is 91.5 Å². The van der Waals surface area contributed by atoms with Gasteiger partial charge in [0.15, 0.2) is 6.10 Å². The van der Waals surface area contributed by atoms with Gasteiger partial charge >= 0.3 is 24.1 Å². The molecule has 0 aromatic heterocycles. The number of fused-ring (bicyclic) bond motifs is 2. The van der Waals surface area contributed by atoms with Gasteiger partial charge in [0, 0.05) is 25.2 Å². The second-order valence-electron chi connectivity index (χ2n) is 12.2. The van der Waals surface area contributed by atoms with Crippen molar-refractivity contribution in [2.75, 3.05) is 32.9 Å². The van der Waals surface area contributed by atoms with Crippen LogP contribution >= 0.6 is 0 Å². The number of carbonyl (C=O) groups excluding carboxylic acids is 4. The topological polar surface area (TPSA) is 138 Å². The Morgan fingerprint density at radius 3 is 1.83 bits per heavy atom. The van der Waals surface area contributed by atoms with E-state index in [1.54, 1.807) is 12.1 Å². The van der Waals surface area contributed by atoms with Crippen molar-refractivity contribution < 1.29 is 42.9 Å². The number of aryl methyl sites for hydroxylation is 1. The molecule has 11 nitrogen and oxygen atoms in total. The van der Waals surface area contributed by atoms with Crippen LogP contribution < -0.4 is 15.4 Å². The molecule has 48 heavy (non-hydrogen) atoms. The predicted octanol–water partition coefficient (Wildman–Crippen LogP) is 5.40. The summed E-state index contributed by atoms with van der Waals surface area (Å²) in [6, 6.07) is 19.1. The van der Waals surface area contributed by atoms with E-state index in [2.05, 4.69) is 23.8 Å². The van der Waals surface area contributed by atoms with Crippen LogP contribution in [-0.4, -0.2) is 69.2 Å². The van der Waals surface area contributed by atoms with Crippen molar-refractivity contribution in [3.8, 4) is 5.75 Å². The molecule has 2 aliphatic rings. The number of esters is 2. The Morgan fingerprint density at radius 1 is 0.729 bits per heavy atom. The van der Waals surface area contributed by atoms with Crippen molar-refractivity contribution in [3.63, 3.8) is 0 Å². The minimum Gasteiger partial charge on any atom is -0.490 e. The maximum Gasteiger partial charge on any atom is 0.407 e. The van der Waals surface area contributed by atoms with Crippen LogP contribution in [0.4, 0.5) is 9.59 Å². The Kier molecular flexibility index (Phi) is 14.4. The summed E-state index contributed by atoms with van der Waals surface area (Å²) in [5.41, 5.74) is 1.18. The first-order valence-corrected chi connectivity index (χ1v) is 16.5. The first-order chi connectivity index (χ1) is 23.3. The molecule has 2 fully saturated rings. The lowest BCUT2D eigenvalue weighted by Gasteiger charge is -2.30. The van der Waals surface area contributed by atoms with Crippen molar-refractivity contribution in [2.24, 2.45) is 23.7 Å². The SMILES string of the molecule is C=CC(=O)OCC(CCCc1ccccc1)OC(=O)NCC1CC2CC(CNC(=O)OC(COC(=O)C=C)COc3ccccc3)C1C2. The van der Waals surface area contributed by atoms with E-state index in [0.717, 1.165) is 44.3 Å². The molecule has 0 spiro atoms. The number of amides is 2. The standard InChI is InChI=1S/C37H46N2O9/c1-3-34(40)45-23-31(17-11-14-26-12-7-5-8-13-26)47-36(42)38-21-28-18-27-19-29(33(28)20-27)22-39-37(43)48-32(25-46-35(41)4-2)24-44-30-15-9-6-10-16-30/h3-10,12-13,15-16,27-29,31-33H,1-2,11,14,17-25H2,(H,38,42)(H,39,43). The van der Waals surface area contributed by atoms with Crippen LogP contribution in [0.3, 0.4) is 0 Å². The predicted molar refractivity (Wildman–Crippen MR) is 178 cm³/mol. The van der Waals surface area contributed by atoms with Crippen molar-refractivity contribution in [1.82, 2.24) is 10.6 Å². The van der Waals surface area contributed by atoms with E-state index in [4.69, 9.17) is 23.7 Å². The third-order valence-electron chi connectivity index (χ3n) is 8.82. The Bertz CT molecular complexity index is 1350. The molecule has 4 rings (SSSR count). The van der Waals surface area contributed by atoms with Gasteiger partial charge in [-0.25, -0.2) is 19.2 Å². The van der Waals surface area contributed by atoms with E-state index in [9.17, 15) is 19.2 Å². The van der Waals surface area contributed by atoms with Crippen LogP contribution in [0.25, 0.3) is 0 Å². The molecule has 6 unspecified atom stereocenters. The summed E-state index contributed by atoms with van der Waals surface area (Å²) in [5, 5.41) is 5.79. The van der Waals surface area contributed by atoms with Gasteiger partial charge in [-0.05, 0) is 79.9 Å².